The van der Waals surface area contributed by atoms with Crippen molar-refractivity contribution >= 4 is 23.4 Å². The third kappa shape index (κ3) is 6.38. The van der Waals surface area contributed by atoms with Crippen molar-refractivity contribution in [1.82, 2.24) is 5.32 Å². The maximum atomic E-state index is 13.1. The molecule has 2 aromatic carbocycles. The van der Waals surface area contributed by atoms with Crippen LogP contribution in [0.2, 0.25) is 0 Å². The maximum absolute atomic E-state index is 13.1. The van der Waals surface area contributed by atoms with E-state index in [1.54, 1.807) is 24.3 Å². The Hall–Kier alpha value is -1.99. The molecule has 0 aliphatic carbocycles. The second kappa shape index (κ2) is 9.64. The molecule has 0 aliphatic rings. The lowest BCUT2D eigenvalue weighted by Crippen LogP contribution is -2.33. The smallest absolute Gasteiger partial charge is 0.288 e. The molecular weight excluding hydrogens is 361 g/mol. The van der Waals surface area contributed by atoms with Gasteiger partial charge in [-0.15, -0.1) is 0 Å². The van der Waals surface area contributed by atoms with Crippen LogP contribution in [0.5, 0.6) is 0 Å². The van der Waals surface area contributed by atoms with E-state index < -0.39 is 5.76 Å². The lowest BCUT2D eigenvalue weighted by molar-refractivity contribution is -0.115. The van der Waals surface area contributed by atoms with Crippen LogP contribution in [0.25, 0.3) is 0 Å². The van der Waals surface area contributed by atoms with Gasteiger partial charge >= 0.3 is 0 Å². The summed E-state index contributed by atoms with van der Waals surface area (Å²) in [6.45, 7) is 4.10. The topological polar surface area (TPSA) is 41.1 Å². The highest BCUT2D eigenvalue weighted by molar-refractivity contribution is 7.99. The predicted molar refractivity (Wildman–Crippen MR) is 98.9 cm³/mol. The number of alkyl halides is 2. The number of carbonyl (C=O) groups excluding carboxylic acids is 1. The second-order valence-electron chi connectivity index (χ2n) is 6.11. The fourth-order valence-corrected chi connectivity index (χ4v) is 3.04. The Balaban J connectivity index is 1.90. The molecule has 0 saturated carbocycles. The highest BCUT2D eigenvalue weighted by Gasteiger charge is 2.16. The molecule has 0 spiro atoms. The molecule has 2 rings (SSSR count). The van der Waals surface area contributed by atoms with Crippen molar-refractivity contribution in [3.63, 3.8) is 0 Å². The number of hydrogen-bond donors (Lipinski definition) is 2. The van der Waals surface area contributed by atoms with Crippen molar-refractivity contribution in [1.29, 1.82) is 0 Å². The van der Waals surface area contributed by atoms with Gasteiger partial charge in [0.25, 0.3) is 5.76 Å². The summed E-state index contributed by atoms with van der Waals surface area (Å²) in [4.78, 5) is 12.6. The van der Waals surface area contributed by atoms with Crippen molar-refractivity contribution in [2.75, 3.05) is 11.9 Å². The summed E-state index contributed by atoms with van der Waals surface area (Å²) in [6.07, 6.45) is 0. The van der Waals surface area contributed by atoms with Crippen molar-refractivity contribution in [3.05, 3.63) is 59.9 Å². The zero-order valence-electron chi connectivity index (χ0n) is 14.5. The van der Waals surface area contributed by atoms with E-state index in [4.69, 9.17) is 0 Å². The SMILES string of the molecule is CC(C)[C@H](NCC(=O)Nc1ccc(SC(F)F)cc1)c1ccc(F)cc1. The van der Waals surface area contributed by atoms with Crippen LogP contribution in [0.1, 0.15) is 25.5 Å². The summed E-state index contributed by atoms with van der Waals surface area (Å²) in [7, 11) is 0. The van der Waals surface area contributed by atoms with Gasteiger partial charge in [-0.25, -0.2) is 4.39 Å². The van der Waals surface area contributed by atoms with Gasteiger partial charge in [-0.1, -0.05) is 37.7 Å². The molecule has 2 N–H and O–H groups in total. The summed E-state index contributed by atoms with van der Waals surface area (Å²) in [5.41, 5.74) is 1.45. The van der Waals surface area contributed by atoms with Crippen LogP contribution in [-0.2, 0) is 4.79 Å². The minimum Gasteiger partial charge on any atom is -0.325 e. The zero-order valence-corrected chi connectivity index (χ0v) is 15.3. The highest BCUT2D eigenvalue weighted by atomic mass is 32.2. The van der Waals surface area contributed by atoms with E-state index in [0.29, 0.717) is 22.3 Å². The molecule has 0 heterocycles. The van der Waals surface area contributed by atoms with E-state index in [2.05, 4.69) is 10.6 Å². The van der Waals surface area contributed by atoms with Gasteiger partial charge in [-0.2, -0.15) is 8.78 Å². The van der Waals surface area contributed by atoms with Gasteiger partial charge in [0.05, 0.1) is 6.54 Å². The number of carbonyl (C=O) groups is 1. The summed E-state index contributed by atoms with van der Waals surface area (Å²) >= 11 is 0.457. The molecule has 3 nitrogen and oxygen atoms in total. The Labute approximate surface area is 155 Å². The number of rotatable bonds is 8. The van der Waals surface area contributed by atoms with Crippen LogP contribution in [0, 0.1) is 11.7 Å². The number of thioether (sulfide) groups is 1. The first-order chi connectivity index (χ1) is 12.3. The monoisotopic (exact) mass is 382 g/mol. The minimum atomic E-state index is -2.47. The molecule has 0 aliphatic heterocycles. The second-order valence-corrected chi connectivity index (χ2v) is 7.17. The van der Waals surface area contributed by atoms with Gasteiger partial charge < -0.3 is 10.6 Å². The van der Waals surface area contributed by atoms with E-state index in [0.717, 1.165) is 5.56 Å². The lowest BCUT2D eigenvalue weighted by Gasteiger charge is -2.22. The van der Waals surface area contributed by atoms with E-state index >= 15 is 0 Å². The quantitative estimate of drug-likeness (QED) is 0.627. The van der Waals surface area contributed by atoms with Crippen LogP contribution in [0.3, 0.4) is 0 Å². The molecule has 0 radical (unpaired) electrons. The minimum absolute atomic E-state index is 0.0771. The molecule has 0 aromatic heterocycles. The number of anilines is 1. The molecule has 2 aromatic rings. The summed E-state index contributed by atoms with van der Waals surface area (Å²) in [5, 5.41) is 5.89. The third-order valence-corrected chi connectivity index (χ3v) is 4.46. The molecule has 1 amide bonds. The Morgan fingerprint density at radius 3 is 2.19 bits per heavy atom. The van der Waals surface area contributed by atoms with Gasteiger partial charge in [0.15, 0.2) is 0 Å². The number of halogens is 3. The lowest BCUT2D eigenvalue weighted by atomic mass is 9.96. The first-order valence-corrected chi connectivity index (χ1v) is 9.06. The Bertz CT molecular complexity index is 706. The van der Waals surface area contributed by atoms with Gasteiger partial charge in [-0.05, 0) is 47.9 Å². The van der Waals surface area contributed by atoms with Crippen molar-refractivity contribution in [3.8, 4) is 0 Å². The number of benzene rings is 2. The molecule has 26 heavy (non-hydrogen) atoms. The zero-order chi connectivity index (χ0) is 19.1. The highest BCUT2D eigenvalue weighted by Crippen LogP contribution is 2.26. The van der Waals surface area contributed by atoms with E-state index in [-0.39, 0.29) is 30.2 Å². The Morgan fingerprint density at radius 2 is 1.65 bits per heavy atom. The molecular formula is C19H21F3N2OS. The molecule has 0 unspecified atom stereocenters. The average Bonchev–Trinajstić information content (AvgIpc) is 2.57. The molecule has 0 saturated heterocycles. The first kappa shape index (κ1) is 20.3. The standard InChI is InChI=1S/C19H21F3N2OS/c1-12(2)18(13-3-5-14(20)6-4-13)23-11-17(25)24-15-7-9-16(10-8-15)26-19(21)22/h3-10,12,18-19,23H,11H2,1-2H3,(H,24,25)/t18-/m0/s1. The van der Waals surface area contributed by atoms with Crippen molar-refractivity contribution < 1.29 is 18.0 Å². The molecule has 7 heteroatoms. The average molecular weight is 382 g/mol. The molecule has 0 fully saturated rings. The van der Waals surface area contributed by atoms with Crippen LogP contribution in [0.15, 0.2) is 53.4 Å². The van der Waals surface area contributed by atoms with Gasteiger partial charge in [-0.3, -0.25) is 4.79 Å². The van der Waals surface area contributed by atoms with Gasteiger partial charge in [0.1, 0.15) is 5.82 Å². The van der Waals surface area contributed by atoms with Gasteiger partial charge in [0, 0.05) is 16.6 Å². The summed E-state index contributed by atoms with van der Waals surface area (Å²) < 4.78 is 37.7. The first-order valence-electron chi connectivity index (χ1n) is 8.18. The fourth-order valence-electron chi connectivity index (χ4n) is 2.54. The normalized spacial score (nSPS) is 12.4. The maximum Gasteiger partial charge on any atom is 0.288 e. The summed E-state index contributed by atoms with van der Waals surface area (Å²) in [5.74, 6) is -2.81. The predicted octanol–water partition coefficient (Wildman–Crippen LogP) is 5.07. The van der Waals surface area contributed by atoms with Crippen molar-refractivity contribution in [2.24, 2.45) is 5.92 Å². The number of nitrogens with one attached hydrogen (secondary N) is 2. The Morgan fingerprint density at radius 1 is 1.04 bits per heavy atom. The van der Waals surface area contributed by atoms with Crippen LogP contribution < -0.4 is 10.6 Å². The van der Waals surface area contributed by atoms with E-state index in [1.165, 1.54) is 24.3 Å². The molecule has 0 bridgehead atoms. The van der Waals surface area contributed by atoms with Gasteiger partial charge in [0.2, 0.25) is 5.91 Å². The summed E-state index contributed by atoms with van der Waals surface area (Å²) in [6, 6.07) is 12.3. The number of amides is 1. The largest absolute Gasteiger partial charge is 0.325 e. The van der Waals surface area contributed by atoms with E-state index in [9.17, 15) is 18.0 Å². The van der Waals surface area contributed by atoms with Crippen LogP contribution in [0.4, 0.5) is 18.9 Å². The van der Waals surface area contributed by atoms with E-state index in [1.807, 2.05) is 13.8 Å². The van der Waals surface area contributed by atoms with Crippen LogP contribution in [-0.4, -0.2) is 18.2 Å². The molecule has 140 valence electrons. The fraction of sp³-hybridized carbons (Fsp3) is 0.316. The number of hydrogen-bond acceptors (Lipinski definition) is 3. The molecule has 1 atom stereocenters. The van der Waals surface area contributed by atoms with Crippen molar-refractivity contribution in [2.45, 2.75) is 30.5 Å². The Kier molecular flexibility index (Phi) is 7.53. The third-order valence-electron chi connectivity index (χ3n) is 3.74. The van der Waals surface area contributed by atoms with Crippen LogP contribution >= 0.6 is 11.8 Å².